The van der Waals surface area contributed by atoms with Crippen LogP contribution in [0.5, 0.6) is 5.75 Å². The van der Waals surface area contributed by atoms with Crippen LogP contribution < -0.4 is 0 Å². The standard InChI is InChI=1S/C12H15FO5/c13-10-7(2-1-3-8(10)15)12-11(17)9(16)4-6(5-14)18-12/h1-3,6,9,11-12,14-17H,4-5H2/t6-,9-,11?,12+/m0/s1. The van der Waals surface area contributed by atoms with E-state index < -0.39 is 36.0 Å². The molecule has 0 aliphatic carbocycles. The first-order valence-corrected chi connectivity index (χ1v) is 5.64. The van der Waals surface area contributed by atoms with Crippen LogP contribution >= 0.6 is 0 Å². The first-order valence-electron chi connectivity index (χ1n) is 5.64. The molecule has 0 radical (unpaired) electrons. The van der Waals surface area contributed by atoms with E-state index in [9.17, 15) is 19.7 Å². The van der Waals surface area contributed by atoms with Crippen molar-refractivity contribution >= 4 is 0 Å². The number of ether oxygens (including phenoxy) is 1. The number of aromatic hydroxyl groups is 1. The molecule has 6 heteroatoms. The van der Waals surface area contributed by atoms with Crippen LogP contribution in [-0.2, 0) is 4.74 Å². The molecule has 1 saturated heterocycles. The summed E-state index contributed by atoms with van der Waals surface area (Å²) >= 11 is 0. The lowest BCUT2D eigenvalue weighted by Gasteiger charge is -2.36. The molecule has 1 aromatic rings. The zero-order chi connectivity index (χ0) is 13.3. The Morgan fingerprint density at radius 3 is 2.72 bits per heavy atom. The summed E-state index contributed by atoms with van der Waals surface area (Å²) in [7, 11) is 0. The molecular formula is C12H15FO5. The fourth-order valence-corrected chi connectivity index (χ4v) is 2.09. The number of hydrogen-bond acceptors (Lipinski definition) is 5. The van der Waals surface area contributed by atoms with Gasteiger partial charge in [0.2, 0.25) is 0 Å². The monoisotopic (exact) mass is 258 g/mol. The van der Waals surface area contributed by atoms with Crippen molar-refractivity contribution in [3.63, 3.8) is 0 Å². The van der Waals surface area contributed by atoms with Crippen LogP contribution in [0.15, 0.2) is 18.2 Å². The molecule has 0 spiro atoms. The lowest BCUT2D eigenvalue weighted by molar-refractivity contribution is -0.180. The third-order valence-corrected chi connectivity index (χ3v) is 3.07. The van der Waals surface area contributed by atoms with Gasteiger partial charge in [-0.15, -0.1) is 0 Å². The second kappa shape index (κ2) is 5.19. The lowest BCUT2D eigenvalue weighted by Crippen LogP contribution is -2.44. The molecule has 2 rings (SSSR count). The van der Waals surface area contributed by atoms with Gasteiger partial charge < -0.3 is 25.2 Å². The van der Waals surface area contributed by atoms with E-state index in [0.717, 1.165) is 0 Å². The summed E-state index contributed by atoms with van der Waals surface area (Å²) in [6, 6.07) is 3.95. The Balaban J connectivity index is 2.32. The van der Waals surface area contributed by atoms with E-state index in [-0.39, 0.29) is 18.6 Å². The Morgan fingerprint density at radius 2 is 2.06 bits per heavy atom. The van der Waals surface area contributed by atoms with Gasteiger partial charge in [-0.3, -0.25) is 0 Å². The molecule has 5 nitrogen and oxygen atoms in total. The molecule has 1 aliphatic rings. The number of benzene rings is 1. The predicted molar refractivity (Wildman–Crippen MR) is 59.4 cm³/mol. The van der Waals surface area contributed by atoms with Gasteiger partial charge in [0.15, 0.2) is 11.6 Å². The first kappa shape index (κ1) is 13.2. The van der Waals surface area contributed by atoms with Crippen molar-refractivity contribution in [1.29, 1.82) is 0 Å². The summed E-state index contributed by atoms with van der Waals surface area (Å²) in [6.07, 6.45) is -4.12. The molecule has 0 saturated carbocycles. The topological polar surface area (TPSA) is 90.2 Å². The fourth-order valence-electron chi connectivity index (χ4n) is 2.09. The number of rotatable bonds is 2. The van der Waals surface area contributed by atoms with E-state index in [1.54, 1.807) is 0 Å². The molecule has 1 heterocycles. The SMILES string of the molecule is OC[C@@H]1C[C@H](O)C(O)[C@@H](c2cccc(O)c2F)O1. The van der Waals surface area contributed by atoms with E-state index in [1.165, 1.54) is 18.2 Å². The van der Waals surface area contributed by atoms with Crippen LogP contribution in [0.1, 0.15) is 18.1 Å². The lowest BCUT2D eigenvalue weighted by atomic mass is 9.93. The Morgan fingerprint density at radius 1 is 1.33 bits per heavy atom. The van der Waals surface area contributed by atoms with Crippen LogP contribution in [0, 0.1) is 5.82 Å². The Kier molecular flexibility index (Phi) is 3.82. The van der Waals surface area contributed by atoms with Crippen molar-refractivity contribution in [1.82, 2.24) is 0 Å². The maximum Gasteiger partial charge on any atom is 0.170 e. The second-order valence-corrected chi connectivity index (χ2v) is 4.34. The number of aliphatic hydroxyl groups is 3. The molecule has 1 aromatic carbocycles. The summed E-state index contributed by atoms with van der Waals surface area (Å²) < 4.78 is 19.1. The van der Waals surface area contributed by atoms with Gasteiger partial charge in [0.05, 0.1) is 18.8 Å². The van der Waals surface area contributed by atoms with Gasteiger partial charge in [0, 0.05) is 12.0 Å². The van der Waals surface area contributed by atoms with E-state index in [2.05, 4.69) is 0 Å². The Bertz CT molecular complexity index is 425. The van der Waals surface area contributed by atoms with E-state index in [0.29, 0.717) is 0 Å². The summed E-state index contributed by atoms with van der Waals surface area (Å²) in [6.45, 7) is -0.333. The molecule has 100 valence electrons. The second-order valence-electron chi connectivity index (χ2n) is 4.34. The van der Waals surface area contributed by atoms with Crippen LogP contribution in [0.2, 0.25) is 0 Å². The van der Waals surface area contributed by atoms with Crippen molar-refractivity contribution in [2.75, 3.05) is 6.61 Å². The van der Waals surface area contributed by atoms with Crippen LogP contribution in [-0.4, -0.2) is 45.3 Å². The van der Waals surface area contributed by atoms with Gasteiger partial charge in [-0.25, -0.2) is 4.39 Å². The van der Waals surface area contributed by atoms with Crippen molar-refractivity contribution in [2.24, 2.45) is 0 Å². The van der Waals surface area contributed by atoms with Crippen molar-refractivity contribution in [3.05, 3.63) is 29.6 Å². The minimum absolute atomic E-state index is 0.0419. The molecule has 0 amide bonds. The van der Waals surface area contributed by atoms with Crippen LogP contribution in [0.3, 0.4) is 0 Å². The minimum Gasteiger partial charge on any atom is -0.505 e. The highest BCUT2D eigenvalue weighted by atomic mass is 19.1. The molecular weight excluding hydrogens is 243 g/mol. The predicted octanol–water partition coefficient (Wildman–Crippen LogP) is 0.0754. The third kappa shape index (κ3) is 2.32. The Labute approximate surface area is 103 Å². The molecule has 18 heavy (non-hydrogen) atoms. The normalized spacial score (nSPS) is 32.4. The number of phenolic OH excluding ortho intramolecular Hbond substituents is 1. The molecule has 0 bridgehead atoms. The maximum absolute atomic E-state index is 13.7. The highest BCUT2D eigenvalue weighted by molar-refractivity contribution is 5.32. The summed E-state index contributed by atoms with van der Waals surface area (Å²) in [5, 5.41) is 37.8. The molecule has 1 fully saturated rings. The molecule has 1 unspecified atom stereocenters. The summed E-state index contributed by atoms with van der Waals surface area (Å²) in [4.78, 5) is 0. The number of halogens is 1. The molecule has 4 N–H and O–H groups in total. The zero-order valence-corrected chi connectivity index (χ0v) is 9.53. The molecule has 0 aromatic heterocycles. The van der Waals surface area contributed by atoms with Gasteiger partial charge in [0.25, 0.3) is 0 Å². The van der Waals surface area contributed by atoms with Gasteiger partial charge in [0.1, 0.15) is 12.2 Å². The summed E-state index contributed by atoms with van der Waals surface area (Å²) in [5.41, 5.74) is -0.0419. The number of phenols is 1. The smallest absolute Gasteiger partial charge is 0.170 e. The number of aliphatic hydroxyl groups excluding tert-OH is 3. The van der Waals surface area contributed by atoms with E-state index in [4.69, 9.17) is 9.84 Å². The highest BCUT2D eigenvalue weighted by Crippen LogP contribution is 2.35. The van der Waals surface area contributed by atoms with E-state index in [1.807, 2.05) is 0 Å². The number of hydrogen-bond donors (Lipinski definition) is 4. The molecule has 1 aliphatic heterocycles. The van der Waals surface area contributed by atoms with Gasteiger partial charge >= 0.3 is 0 Å². The average molecular weight is 258 g/mol. The molecule has 4 atom stereocenters. The zero-order valence-electron chi connectivity index (χ0n) is 9.53. The minimum atomic E-state index is -1.30. The summed E-state index contributed by atoms with van der Waals surface area (Å²) in [5.74, 6) is -1.45. The highest BCUT2D eigenvalue weighted by Gasteiger charge is 2.38. The fraction of sp³-hybridized carbons (Fsp3) is 0.500. The first-order chi connectivity index (χ1) is 8.54. The van der Waals surface area contributed by atoms with Crippen molar-refractivity contribution < 1.29 is 29.6 Å². The van der Waals surface area contributed by atoms with Crippen LogP contribution in [0.4, 0.5) is 4.39 Å². The quantitative estimate of drug-likeness (QED) is 0.603. The van der Waals surface area contributed by atoms with Gasteiger partial charge in [-0.1, -0.05) is 12.1 Å². The van der Waals surface area contributed by atoms with Gasteiger partial charge in [-0.05, 0) is 6.07 Å². The van der Waals surface area contributed by atoms with Crippen LogP contribution in [0.25, 0.3) is 0 Å². The maximum atomic E-state index is 13.7. The Hall–Kier alpha value is -1.21. The van der Waals surface area contributed by atoms with Crippen molar-refractivity contribution in [3.8, 4) is 5.75 Å². The third-order valence-electron chi connectivity index (χ3n) is 3.07. The largest absolute Gasteiger partial charge is 0.505 e. The van der Waals surface area contributed by atoms with E-state index >= 15 is 0 Å². The van der Waals surface area contributed by atoms with Gasteiger partial charge in [-0.2, -0.15) is 0 Å². The average Bonchev–Trinajstić information content (AvgIpc) is 2.36. The van der Waals surface area contributed by atoms with Crippen molar-refractivity contribution in [2.45, 2.75) is 30.8 Å².